The molecule has 3 N–H and O–H groups in total. The van der Waals surface area contributed by atoms with E-state index in [1.165, 1.54) is 51.0 Å². The first-order chi connectivity index (χ1) is 34.7. The van der Waals surface area contributed by atoms with Crippen LogP contribution < -0.4 is 19.9 Å². The van der Waals surface area contributed by atoms with Gasteiger partial charge in [0.05, 0.1) is 17.6 Å². The van der Waals surface area contributed by atoms with E-state index in [0.29, 0.717) is 73.6 Å². The van der Waals surface area contributed by atoms with Crippen LogP contribution in [0.15, 0.2) is 67.0 Å². The Balaban J connectivity index is 0.653. The molecule has 12 rings (SSSR count). The minimum Gasteiger partial charge on any atom is -0.508 e. The van der Waals surface area contributed by atoms with Crippen LogP contribution in [0.3, 0.4) is 0 Å². The van der Waals surface area contributed by atoms with Gasteiger partial charge in [-0.15, -0.1) is 0 Å². The Morgan fingerprint density at radius 1 is 0.903 bits per heavy atom. The molecule has 1 unspecified atom stereocenters. The number of phenols is 1. The smallest absolute Gasteiger partial charge is 0.319 e. The molecule has 2 aromatic heterocycles. The maximum Gasteiger partial charge on any atom is 0.319 e. The summed E-state index contributed by atoms with van der Waals surface area (Å²) in [5, 5.41) is 26.9. The van der Waals surface area contributed by atoms with E-state index >= 15 is 4.39 Å². The number of allylic oxidation sites excluding steroid dienone is 1. The Morgan fingerprint density at radius 2 is 1.71 bits per heavy atom. The number of aromatic hydroxyl groups is 1. The maximum absolute atomic E-state index is 17.1. The number of pyridine rings is 1. The number of amides is 2. The summed E-state index contributed by atoms with van der Waals surface area (Å²) in [7, 11) is 0. The van der Waals surface area contributed by atoms with Gasteiger partial charge < -0.3 is 44.8 Å². The first-order valence-electron chi connectivity index (χ1n) is 26.6. The second-order valence-corrected chi connectivity index (χ2v) is 23.0. The highest BCUT2D eigenvalue weighted by molar-refractivity contribution is 6.03. The molecular formula is C57H68FN9O5. The molecule has 7 aliphatic rings. The van der Waals surface area contributed by atoms with E-state index in [1.807, 2.05) is 36.1 Å². The van der Waals surface area contributed by atoms with E-state index in [-0.39, 0.29) is 40.2 Å². The van der Waals surface area contributed by atoms with Crippen molar-refractivity contribution in [2.45, 2.75) is 103 Å². The number of fused-ring (bicyclic) bond motifs is 3. The second kappa shape index (κ2) is 18.2. The number of likely N-dealkylation sites (tertiary alicyclic amines) is 2. The average Bonchev–Trinajstić information content (AvgIpc) is 4.05. The van der Waals surface area contributed by atoms with Gasteiger partial charge >= 0.3 is 6.01 Å². The summed E-state index contributed by atoms with van der Waals surface area (Å²) in [6.07, 6.45) is 12.0. The quantitative estimate of drug-likeness (QED) is 0.112. The molecule has 1 saturated carbocycles. The number of carbonyl (C=O) groups is 2. The largest absolute Gasteiger partial charge is 0.508 e. The van der Waals surface area contributed by atoms with E-state index in [0.717, 1.165) is 91.6 Å². The maximum atomic E-state index is 17.1. The molecule has 1 aliphatic carbocycles. The molecule has 6 fully saturated rings. The average molecular weight is 978 g/mol. The van der Waals surface area contributed by atoms with Crippen molar-refractivity contribution in [1.82, 2.24) is 35.0 Å². The summed E-state index contributed by atoms with van der Waals surface area (Å²) in [6, 6.07) is 15.1. The summed E-state index contributed by atoms with van der Waals surface area (Å²) in [4.78, 5) is 51.9. The van der Waals surface area contributed by atoms with Crippen molar-refractivity contribution < 1.29 is 28.9 Å². The number of hydrogen-bond donors (Lipinski definition) is 3. The minimum atomic E-state index is -0.920. The van der Waals surface area contributed by atoms with Crippen molar-refractivity contribution in [3.8, 4) is 23.0 Å². The predicted octanol–water partition coefficient (Wildman–Crippen LogP) is 7.82. The van der Waals surface area contributed by atoms with Gasteiger partial charge in [0.15, 0.2) is 5.82 Å². The molecule has 2 atom stereocenters. The lowest BCUT2D eigenvalue weighted by atomic mass is 9.71. The van der Waals surface area contributed by atoms with Gasteiger partial charge in [-0.1, -0.05) is 31.7 Å². The Kier molecular flexibility index (Phi) is 11.9. The van der Waals surface area contributed by atoms with Gasteiger partial charge in [-0.05, 0) is 154 Å². The molecule has 14 nitrogen and oxygen atoms in total. The SMILES string of the molecule is C=C1CCC(N2Cc3cc(N4CCC5(CC4)CN(CC4CCN(CC6(COc7nc(N8CCC[C@@](C)(O)C8)c8cnc(-c9cc(O)cc%10cccc(CC)c9%10)c(F)c8n7)CC6)CC4)C5)ccc3C2=O)C(=O)N1. The third kappa shape index (κ3) is 8.93. The number of β-amino-alcohol motifs (C(OH)–C–C–N with tert-alkyl or cyclic N) is 1. The van der Waals surface area contributed by atoms with Crippen LogP contribution in [-0.4, -0.2) is 135 Å². The van der Waals surface area contributed by atoms with E-state index in [1.54, 1.807) is 23.2 Å². The number of ether oxygens (including phenoxy) is 1. The number of hydrogen-bond acceptors (Lipinski definition) is 12. The standard InChI is InChI=1S/C57H68FN9O5/c1-4-38-7-5-8-39-26-42(68)27-44(47(38)39)49-48(58)50-45(28-59-49)51(66-20-6-15-55(3,71)31-66)62-54(61-50)72-35-57(16-17-57)34-63-21-13-37(14-22-63)29-64-32-56(33-64)18-23-65(24-19-56)41-10-11-43-40(25-41)30-67(53(43)70)46-12-9-36(2)60-52(46)69/h5,7-8,10-11,25-28,37,46,68,71H,2,4,6,9,12-24,29-35H2,1,3H3,(H,60,69)/t46?,55-/m1/s1. The lowest BCUT2D eigenvalue weighted by molar-refractivity contribution is -0.126. The number of rotatable bonds is 12. The molecule has 6 aliphatic heterocycles. The molecule has 0 radical (unpaired) electrons. The molecular weight excluding hydrogens is 910 g/mol. The van der Waals surface area contributed by atoms with Crippen LogP contribution in [-0.2, 0) is 17.8 Å². The van der Waals surface area contributed by atoms with Crippen molar-refractivity contribution in [3.63, 3.8) is 0 Å². The number of anilines is 2. The van der Waals surface area contributed by atoms with Crippen LogP contribution in [0.5, 0.6) is 11.8 Å². The molecule has 1 spiro atoms. The number of nitrogens with zero attached hydrogens (tertiary/aromatic N) is 8. The third-order valence-corrected chi connectivity index (χ3v) is 17.5. The number of aliphatic hydroxyl groups is 1. The molecule has 72 heavy (non-hydrogen) atoms. The highest BCUT2D eigenvalue weighted by Crippen LogP contribution is 2.48. The van der Waals surface area contributed by atoms with E-state index in [9.17, 15) is 19.8 Å². The number of aromatic nitrogens is 3. The Morgan fingerprint density at radius 3 is 2.46 bits per heavy atom. The van der Waals surface area contributed by atoms with Crippen LogP contribution in [0.1, 0.15) is 99.5 Å². The zero-order valence-electron chi connectivity index (χ0n) is 41.9. The van der Waals surface area contributed by atoms with Crippen molar-refractivity contribution in [3.05, 3.63) is 89.5 Å². The molecule has 5 aromatic rings. The summed E-state index contributed by atoms with van der Waals surface area (Å²) in [5.74, 6) is 0.471. The summed E-state index contributed by atoms with van der Waals surface area (Å²) < 4.78 is 23.7. The molecule has 3 aromatic carbocycles. The zero-order chi connectivity index (χ0) is 49.5. The fourth-order valence-corrected chi connectivity index (χ4v) is 13.2. The number of carbonyl (C=O) groups excluding carboxylic acids is 2. The zero-order valence-corrected chi connectivity index (χ0v) is 41.9. The summed E-state index contributed by atoms with van der Waals surface area (Å²) in [6.45, 7) is 18.4. The Bertz CT molecular complexity index is 2970. The Hall–Kier alpha value is -5.90. The lowest BCUT2D eigenvalue weighted by Gasteiger charge is -2.55. The summed E-state index contributed by atoms with van der Waals surface area (Å²) in [5.41, 5.74) is 4.89. The highest BCUT2D eigenvalue weighted by atomic mass is 19.1. The molecule has 378 valence electrons. The van der Waals surface area contributed by atoms with Gasteiger partial charge in [0.25, 0.3) is 5.91 Å². The van der Waals surface area contributed by atoms with E-state index in [2.05, 4.69) is 50.6 Å². The molecule has 0 bridgehead atoms. The Labute approximate surface area is 421 Å². The molecule has 5 saturated heterocycles. The lowest BCUT2D eigenvalue weighted by Crippen LogP contribution is -2.61. The highest BCUT2D eigenvalue weighted by Gasteiger charge is 2.48. The van der Waals surface area contributed by atoms with Crippen LogP contribution in [0.25, 0.3) is 32.9 Å². The monoisotopic (exact) mass is 978 g/mol. The number of benzene rings is 3. The number of aryl methyl sites for hydroxylation is 1. The molecule has 8 heterocycles. The molecule has 2 amide bonds. The first kappa shape index (κ1) is 47.1. The number of nitrogens with one attached hydrogen (secondary N) is 1. The van der Waals surface area contributed by atoms with Gasteiger partial charge in [0.1, 0.15) is 28.8 Å². The number of phenolic OH excluding ortho intramolecular Hbond substituents is 1. The van der Waals surface area contributed by atoms with Gasteiger partial charge in [0.2, 0.25) is 5.91 Å². The van der Waals surface area contributed by atoms with Crippen LogP contribution in [0, 0.1) is 22.6 Å². The fourth-order valence-electron chi connectivity index (χ4n) is 13.2. The fraction of sp³-hybridized carbons (Fsp3) is 0.526. The normalized spacial score (nSPS) is 24.5. The number of piperidine rings is 4. The van der Waals surface area contributed by atoms with Crippen molar-refractivity contribution in [1.29, 1.82) is 0 Å². The summed E-state index contributed by atoms with van der Waals surface area (Å²) >= 11 is 0. The van der Waals surface area contributed by atoms with Crippen molar-refractivity contribution in [2.24, 2.45) is 16.7 Å². The van der Waals surface area contributed by atoms with Crippen molar-refractivity contribution >= 4 is 45.0 Å². The first-order valence-corrected chi connectivity index (χ1v) is 26.6. The van der Waals surface area contributed by atoms with E-state index in [4.69, 9.17) is 14.7 Å². The van der Waals surface area contributed by atoms with Gasteiger partial charge in [-0.2, -0.15) is 9.97 Å². The van der Waals surface area contributed by atoms with Crippen molar-refractivity contribution in [2.75, 3.05) is 81.9 Å². The second-order valence-electron chi connectivity index (χ2n) is 23.0. The van der Waals surface area contributed by atoms with E-state index < -0.39 is 17.5 Å². The van der Waals surface area contributed by atoms with Gasteiger partial charge in [-0.25, -0.2) is 4.39 Å². The third-order valence-electron chi connectivity index (χ3n) is 17.5. The van der Waals surface area contributed by atoms with Crippen LogP contribution in [0.2, 0.25) is 0 Å². The van der Waals surface area contributed by atoms with Crippen LogP contribution in [0.4, 0.5) is 15.9 Å². The van der Waals surface area contributed by atoms with Crippen LogP contribution >= 0.6 is 0 Å². The topological polar surface area (TPSA) is 151 Å². The van der Waals surface area contributed by atoms with Gasteiger partial charge in [0, 0.05) is 93.0 Å². The number of halogens is 1. The minimum absolute atomic E-state index is 0.00119. The molecule has 15 heteroatoms. The van der Waals surface area contributed by atoms with Gasteiger partial charge in [-0.3, -0.25) is 14.6 Å². The predicted molar refractivity (Wildman–Crippen MR) is 277 cm³/mol.